The first-order valence-corrected chi connectivity index (χ1v) is 7.14. The first kappa shape index (κ1) is 14.3. The highest BCUT2D eigenvalue weighted by Gasteiger charge is 2.27. The van der Waals surface area contributed by atoms with Crippen LogP contribution in [0.25, 0.3) is 0 Å². The summed E-state index contributed by atoms with van der Waals surface area (Å²) in [6.07, 6.45) is 6.08. The van der Waals surface area contributed by atoms with Gasteiger partial charge in [0.05, 0.1) is 6.54 Å². The number of urea groups is 1. The summed E-state index contributed by atoms with van der Waals surface area (Å²) >= 11 is 0. The largest absolute Gasteiger partial charge is 0.396 e. The van der Waals surface area contributed by atoms with E-state index in [9.17, 15) is 9.59 Å². The molecule has 0 unspecified atom stereocenters. The number of rotatable bonds is 7. The molecule has 0 aliphatic heterocycles. The highest BCUT2D eigenvalue weighted by atomic mass is 16.3. The van der Waals surface area contributed by atoms with Crippen LogP contribution < -0.4 is 10.6 Å². The van der Waals surface area contributed by atoms with E-state index in [-0.39, 0.29) is 31.1 Å². The van der Waals surface area contributed by atoms with Gasteiger partial charge in [-0.2, -0.15) is 0 Å². The quantitative estimate of drug-likeness (QED) is 0.617. The maximum absolute atomic E-state index is 11.8. The number of amides is 3. The van der Waals surface area contributed by atoms with Crippen molar-refractivity contribution in [3.63, 3.8) is 0 Å². The minimum absolute atomic E-state index is 0.132. The zero-order valence-electron chi connectivity index (χ0n) is 11.2. The standard InChI is InChI=1S/C13H23N3O3/c17-8-2-7-16(11-3-1-4-11)9-12(18)15-13(19)14-10-5-6-10/h10-11,17H,1-9H2,(H2,14,15,18,19). The van der Waals surface area contributed by atoms with Gasteiger partial charge in [-0.25, -0.2) is 4.79 Å². The maximum atomic E-state index is 11.8. The van der Waals surface area contributed by atoms with Crippen molar-refractivity contribution in [3.05, 3.63) is 0 Å². The van der Waals surface area contributed by atoms with Crippen LogP contribution >= 0.6 is 0 Å². The van der Waals surface area contributed by atoms with Crippen molar-refractivity contribution < 1.29 is 14.7 Å². The van der Waals surface area contributed by atoms with Crippen molar-refractivity contribution in [3.8, 4) is 0 Å². The van der Waals surface area contributed by atoms with Gasteiger partial charge in [0, 0.05) is 25.2 Å². The van der Waals surface area contributed by atoms with Crippen molar-refractivity contribution in [2.45, 2.75) is 50.6 Å². The van der Waals surface area contributed by atoms with Crippen molar-refractivity contribution in [1.29, 1.82) is 0 Å². The van der Waals surface area contributed by atoms with Crippen molar-refractivity contribution in [1.82, 2.24) is 15.5 Å². The third-order valence-electron chi connectivity index (χ3n) is 3.71. The Morgan fingerprint density at radius 2 is 1.95 bits per heavy atom. The lowest BCUT2D eigenvalue weighted by molar-refractivity contribution is -0.122. The van der Waals surface area contributed by atoms with Crippen molar-refractivity contribution >= 4 is 11.9 Å². The molecule has 0 radical (unpaired) electrons. The van der Waals surface area contributed by atoms with E-state index in [0.717, 1.165) is 25.7 Å². The Morgan fingerprint density at radius 1 is 1.21 bits per heavy atom. The Labute approximate surface area is 113 Å². The monoisotopic (exact) mass is 269 g/mol. The molecule has 2 rings (SSSR count). The van der Waals surface area contributed by atoms with Gasteiger partial charge in [0.2, 0.25) is 5.91 Å². The van der Waals surface area contributed by atoms with Gasteiger partial charge in [-0.05, 0) is 32.1 Å². The first-order chi connectivity index (χ1) is 9.19. The molecule has 0 saturated heterocycles. The summed E-state index contributed by atoms with van der Waals surface area (Å²) in [6, 6.07) is 0.303. The van der Waals surface area contributed by atoms with E-state index in [4.69, 9.17) is 5.11 Å². The molecule has 3 amide bonds. The molecule has 108 valence electrons. The molecule has 2 fully saturated rings. The number of carbonyl (C=O) groups is 2. The molecule has 2 saturated carbocycles. The number of nitrogens with one attached hydrogen (secondary N) is 2. The van der Waals surface area contributed by atoms with Gasteiger partial charge in [0.1, 0.15) is 0 Å². The summed E-state index contributed by atoms with van der Waals surface area (Å²) < 4.78 is 0. The predicted octanol–water partition coefficient (Wildman–Crippen LogP) is 0.212. The van der Waals surface area contributed by atoms with E-state index in [1.807, 2.05) is 0 Å². The molecule has 2 aliphatic rings. The summed E-state index contributed by atoms with van der Waals surface area (Å²) in [5.74, 6) is -0.261. The average molecular weight is 269 g/mol. The highest BCUT2D eigenvalue weighted by molar-refractivity contribution is 5.95. The Balaban J connectivity index is 1.71. The Bertz CT molecular complexity index is 327. The molecule has 0 aromatic carbocycles. The molecule has 0 heterocycles. The lowest BCUT2D eigenvalue weighted by Gasteiger charge is -2.37. The lowest BCUT2D eigenvalue weighted by Crippen LogP contribution is -2.49. The number of aliphatic hydroxyl groups excluding tert-OH is 1. The van der Waals surface area contributed by atoms with Crippen LogP contribution in [0.5, 0.6) is 0 Å². The average Bonchev–Trinajstić information content (AvgIpc) is 3.06. The fourth-order valence-corrected chi connectivity index (χ4v) is 2.22. The second-order valence-electron chi connectivity index (χ2n) is 5.43. The number of nitrogens with zero attached hydrogens (tertiary/aromatic N) is 1. The van der Waals surface area contributed by atoms with Crippen LogP contribution in [0.2, 0.25) is 0 Å². The summed E-state index contributed by atoms with van der Waals surface area (Å²) in [6.45, 7) is 1.08. The molecule has 6 heteroatoms. The van der Waals surface area contributed by atoms with Gasteiger partial charge in [-0.3, -0.25) is 15.0 Å². The van der Waals surface area contributed by atoms with E-state index in [0.29, 0.717) is 19.0 Å². The van der Waals surface area contributed by atoms with Gasteiger partial charge < -0.3 is 10.4 Å². The fraction of sp³-hybridized carbons (Fsp3) is 0.846. The minimum atomic E-state index is -0.386. The summed E-state index contributed by atoms with van der Waals surface area (Å²) in [5.41, 5.74) is 0. The van der Waals surface area contributed by atoms with E-state index in [2.05, 4.69) is 15.5 Å². The zero-order chi connectivity index (χ0) is 13.7. The highest BCUT2D eigenvalue weighted by Crippen LogP contribution is 2.24. The third kappa shape index (κ3) is 4.80. The van der Waals surface area contributed by atoms with E-state index < -0.39 is 0 Å². The summed E-state index contributed by atoms with van der Waals surface area (Å²) in [5, 5.41) is 14.0. The van der Waals surface area contributed by atoms with Crippen molar-refractivity contribution in [2.75, 3.05) is 19.7 Å². The van der Waals surface area contributed by atoms with E-state index >= 15 is 0 Å². The zero-order valence-corrected chi connectivity index (χ0v) is 11.2. The van der Waals surface area contributed by atoms with Crippen LogP contribution in [0.3, 0.4) is 0 Å². The molecule has 0 spiro atoms. The van der Waals surface area contributed by atoms with Gasteiger partial charge in [-0.15, -0.1) is 0 Å². The molecule has 0 bridgehead atoms. The van der Waals surface area contributed by atoms with Crippen LogP contribution in [0.4, 0.5) is 4.79 Å². The Morgan fingerprint density at radius 3 is 2.47 bits per heavy atom. The molecular formula is C13H23N3O3. The van der Waals surface area contributed by atoms with Crippen LogP contribution in [0.1, 0.15) is 38.5 Å². The molecule has 0 atom stereocenters. The van der Waals surface area contributed by atoms with Crippen LogP contribution in [0.15, 0.2) is 0 Å². The number of hydrogen-bond acceptors (Lipinski definition) is 4. The second kappa shape index (κ2) is 6.86. The Hall–Kier alpha value is -1.14. The molecule has 3 N–H and O–H groups in total. The van der Waals surface area contributed by atoms with Gasteiger partial charge >= 0.3 is 6.03 Å². The van der Waals surface area contributed by atoms with Gasteiger partial charge in [-0.1, -0.05) is 6.42 Å². The van der Waals surface area contributed by atoms with Gasteiger partial charge in [0.15, 0.2) is 0 Å². The minimum Gasteiger partial charge on any atom is -0.396 e. The SMILES string of the molecule is O=C(CN(CCCO)C1CCC1)NC(=O)NC1CC1. The molecule has 6 nitrogen and oxygen atoms in total. The Kier molecular flexibility index (Phi) is 5.15. The van der Waals surface area contributed by atoms with Crippen LogP contribution in [0, 0.1) is 0 Å². The number of imide groups is 1. The second-order valence-corrected chi connectivity index (χ2v) is 5.43. The van der Waals surface area contributed by atoms with Crippen LogP contribution in [-0.2, 0) is 4.79 Å². The van der Waals surface area contributed by atoms with E-state index in [1.165, 1.54) is 6.42 Å². The topological polar surface area (TPSA) is 81.7 Å². The van der Waals surface area contributed by atoms with Crippen LogP contribution in [-0.4, -0.2) is 53.7 Å². The molecule has 0 aromatic heterocycles. The number of hydrogen-bond donors (Lipinski definition) is 3. The number of aliphatic hydroxyl groups is 1. The van der Waals surface area contributed by atoms with E-state index in [1.54, 1.807) is 0 Å². The fourth-order valence-electron chi connectivity index (χ4n) is 2.22. The lowest BCUT2D eigenvalue weighted by atomic mass is 9.91. The van der Waals surface area contributed by atoms with Gasteiger partial charge in [0.25, 0.3) is 0 Å². The molecule has 2 aliphatic carbocycles. The first-order valence-electron chi connectivity index (χ1n) is 7.14. The van der Waals surface area contributed by atoms with Crippen molar-refractivity contribution in [2.24, 2.45) is 0 Å². The third-order valence-corrected chi connectivity index (χ3v) is 3.71. The normalized spacial score (nSPS) is 19.1. The molecular weight excluding hydrogens is 246 g/mol. The smallest absolute Gasteiger partial charge is 0.321 e. The summed E-state index contributed by atoms with van der Waals surface area (Å²) in [4.78, 5) is 25.3. The molecule has 0 aromatic rings. The predicted molar refractivity (Wildman–Crippen MR) is 70.6 cm³/mol. The molecule has 19 heavy (non-hydrogen) atoms. The summed E-state index contributed by atoms with van der Waals surface area (Å²) in [7, 11) is 0. The maximum Gasteiger partial charge on any atom is 0.321 e. The number of carbonyl (C=O) groups excluding carboxylic acids is 2.